The molecule has 0 atom stereocenters. The first-order valence-electron chi connectivity index (χ1n) is 10.3. The largest absolute Gasteiger partial charge is 0.417 e. The Hall–Kier alpha value is -3.05. The molecule has 1 fully saturated rings. The average molecular weight is 480 g/mol. The van der Waals surface area contributed by atoms with Crippen LogP contribution in [0.4, 0.5) is 28.5 Å². The number of amides is 1. The van der Waals surface area contributed by atoms with Gasteiger partial charge < -0.3 is 10.2 Å². The van der Waals surface area contributed by atoms with Crippen molar-refractivity contribution in [3.8, 4) is 11.3 Å². The molecule has 0 radical (unpaired) electrons. The van der Waals surface area contributed by atoms with Gasteiger partial charge in [-0.2, -0.15) is 13.2 Å². The highest BCUT2D eigenvalue weighted by Gasteiger charge is 2.31. The lowest BCUT2D eigenvalue weighted by Gasteiger charge is -2.22. The van der Waals surface area contributed by atoms with E-state index in [4.69, 9.17) is 0 Å². The minimum atomic E-state index is -4.41. The number of carbonyl (C=O) groups excluding carboxylic acids is 1. The predicted octanol–water partition coefficient (Wildman–Crippen LogP) is 4.51. The SMILES string of the molecule is O=C(CN1CCCN(c2ccc(C(F)(F)F)cn2)CC1)Nc1nc(-c2ccc(F)cc2)cs1. The third-order valence-corrected chi connectivity index (χ3v) is 6.00. The van der Waals surface area contributed by atoms with Crippen molar-refractivity contribution in [1.29, 1.82) is 0 Å². The number of nitrogens with zero attached hydrogens (tertiary/aromatic N) is 4. The van der Waals surface area contributed by atoms with E-state index in [1.165, 1.54) is 29.5 Å². The van der Waals surface area contributed by atoms with Gasteiger partial charge in [0.15, 0.2) is 5.13 Å². The molecule has 1 amide bonds. The molecule has 1 aliphatic rings. The molecule has 1 N–H and O–H groups in total. The third-order valence-electron chi connectivity index (χ3n) is 5.25. The fourth-order valence-corrected chi connectivity index (χ4v) is 4.28. The minimum absolute atomic E-state index is 0.180. The second-order valence-electron chi connectivity index (χ2n) is 7.61. The zero-order valence-electron chi connectivity index (χ0n) is 17.5. The van der Waals surface area contributed by atoms with Crippen molar-refractivity contribution < 1.29 is 22.4 Å². The van der Waals surface area contributed by atoms with Crippen LogP contribution >= 0.6 is 11.3 Å². The number of pyridine rings is 1. The summed E-state index contributed by atoms with van der Waals surface area (Å²) in [4.78, 5) is 24.8. The molecule has 0 bridgehead atoms. The van der Waals surface area contributed by atoms with Gasteiger partial charge in [-0.25, -0.2) is 14.4 Å². The van der Waals surface area contributed by atoms with Crippen molar-refractivity contribution in [2.75, 3.05) is 42.9 Å². The van der Waals surface area contributed by atoms with Gasteiger partial charge in [0.2, 0.25) is 5.91 Å². The van der Waals surface area contributed by atoms with Gasteiger partial charge in [-0.3, -0.25) is 9.69 Å². The van der Waals surface area contributed by atoms with Crippen LogP contribution in [0.5, 0.6) is 0 Å². The number of nitrogens with one attached hydrogen (secondary N) is 1. The standard InChI is InChI=1S/C22H21F4N5OS/c23-17-5-2-15(3-6-17)18-14-33-21(28-18)29-20(32)13-30-8-1-9-31(11-10-30)19-7-4-16(12-27-19)22(24,25)26/h2-7,12,14H,1,8-11,13H2,(H,28,29,32). The van der Waals surface area contributed by atoms with Gasteiger partial charge in [0.05, 0.1) is 17.8 Å². The molecule has 4 rings (SSSR count). The van der Waals surface area contributed by atoms with Gasteiger partial charge >= 0.3 is 6.18 Å². The molecule has 0 spiro atoms. The van der Waals surface area contributed by atoms with E-state index in [0.717, 1.165) is 24.2 Å². The number of hydrogen-bond acceptors (Lipinski definition) is 6. The first-order chi connectivity index (χ1) is 15.8. The molecule has 0 aliphatic carbocycles. The Kier molecular flexibility index (Phi) is 6.89. The van der Waals surface area contributed by atoms with Gasteiger partial charge in [0, 0.05) is 43.3 Å². The Morgan fingerprint density at radius 3 is 2.55 bits per heavy atom. The maximum absolute atomic E-state index is 13.1. The maximum Gasteiger partial charge on any atom is 0.417 e. The molecule has 6 nitrogen and oxygen atoms in total. The summed E-state index contributed by atoms with van der Waals surface area (Å²) >= 11 is 1.29. The molecule has 1 saturated heterocycles. The maximum atomic E-state index is 13.1. The molecular formula is C22H21F4N5OS. The highest BCUT2D eigenvalue weighted by atomic mass is 32.1. The second-order valence-corrected chi connectivity index (χ2v) is 8.47. The van der Waals surface area contributed by atoms with Crippen LogP contribution in [0.15, 0.2) is 48.0 Å². The summed E-state index contributed by atoms with van der Waals surface area (Å²) in [7, 11) is 0. The highest BCUT2D eigenvalue weighted by Crippen LogP contribution is 2.29. The number of anilines is 2. The molecule has 2 aromatic heterocycles. The van der Waals surface area contributed by atoms with E-state index in [2.05, 4.69) is 15.3 Å². The first-order valence-corrected chi connectivity index (χ1v) is 11.2. The van der Waals surface area contributed by atoms with E-state index in [9.17, 15) is 22.4 Å². The van der Waals surface area contributed by atoms with E-state index in [0.29, 0.717) is 42.8 Å². The number of rotatable bonds is 5. The van der Waals surface area contributed by atoms with E-state index in [1.807, 2.05) is 9.80 Å². The summed E-state index contributed by atoms with van der Waals surface area (Å²) in [5.74, 6) is -0.0332. The summed E-state index contributed by atoms with van der Waals surface area (Å²) in [6, 6.07) is 8.39. The Bertz CT molecular complexity index is 1090. The fraction of sp³-hybridized carbons (Fsp3) is 0.318. The number of alkyl halides is 3. The Balaban J connectivity index is 1.29. The Morgan fingerprint density at radius 2 is 1.85 bits per heavy atom. The lowest BCUT2D eigenvalue weighted by Crippen LogP contribution is -2.36. The molecule has 1 aliphatic heterocycles. The summed E-state index contributed by atoms with van der Waals surface area (Å²) in [5, 5.41) is 5.05. The van der Waals surface area contributed by atoms with Crippen LogP contribution in [0, 0.1) is 5.82 Å². The van der Waals surface area contributed by atoms with Crippen LogP contribution in [0.1, 0.15) is 12.0 Å². The van der Waals surface area contributed by atoms with Crippen molar-refractivity contribution >= 4 is 28.2 Å². The lowest BCUT2D eigenvalue weighted by molar-refractivity contribution is -0.137. The highest BCUT2D eigenvalue weighted by molar-refractivity contribution is 7.14. The smallest absolute Gasteiger partial charge is 0.355 e. The minimum Gasteiger partial charge on any atom is -0.355 e. The zero-order chi connectivity index (χ0) is 23.4. The number of benzene rings is 1. The van der Waals surface area contributed by atoms with Crippen molar-refractivity contribution in [3.05, 3.63) is 59.4 Å². The molecule has 3 heterocycles. The number of halogens is 4. The molecule has 11 heteroatoms. The van der Waals surface area contributed by atoms with Crippen molar-refractivity contribution in [1.82, 2.24) is 14.9 Å². The van der Waals surface area contributed by atoms with Crippen LogP contribution in [0.3, 0.4) is 0 Å². The van der Waals surface area contributed by atoms with Crippen LogP contribution in [0.25, 0.3) is 11.3 Å². The quantitative estimate of drug-likeness (QED) is 0.546. The molecule has 33 heavy (non-hydrogen) atoms. The number of hydrogen-bond donors (Lipinski definition) is 1. The van der Waals surface area contributed by atoms with Crippen LogP contribution in [0.2, 0.25) is 0 Å². The van der Waals surface area contributed by atoms with E-state index in [-0.39, 0.29) is 18.3 Å². The Labute approximate surface area is 191 Å². The summed E-state index contributed by atoms with van der Waals surface area (Å²) < 4.78 is 51.3. The molecule has 174 valence electrons. The predicted molar refractivity (Wildman–Crippen MR) is 119 cm³/mol. The zero-order valence-corrected chi connectivity index (χ0v) is 18.3. The van der Waals surface area contributed by atoms with Crippen LogP contribution in [-0.2, 0) is 11.0 Å². The number of aromatic nitrogens is 2. The molecule has 1 aromatic carbocycles. The van der Waals surface area contributed by atoms with E-state index >= 15 is 0 Å². The van der Waals surface area contributed by atoms with Gasteiger partial charge in [-0.05, 0) is 42.8 Å². The average Bonchev–Trinajstić information content (AvgIpc) is 3.11. The van der Waals surface area contributed by atoms with E-state index in [1.54, 1.807) is 17.5 Å². The summed E-state index contributed by atoms with van der Waals surface area (Å²) in [6.45, 7) is 2.64. The number of carbonyl (C=O) groups is 1. The monoisotopic (exact) mass is 479 g/mol. The lowest BCUT2D eigenvalue weighted by atomic mass is 10.2. The summed E-state index contributed by atoms with van der Waals surface area (Å²) in [5.41, 5.74) is 0.645. The molecular weight excluding hydrogens is 458 g/mol. The topological polar surface area (TPSA) is 61.4 Å². The summed E-state index contributed by atoms with van der Waals surface area (Å²) in [6.07, 6.45) is -2.81. The van der Waals surface area contributed by atoms with Crippen molar-refractivity contribution in [2.24, 2.45) is 0 Å². The van der Waals surface area contributed by atoms with Crippen LogP contribution in [-0.4, -0.2) is 53.5 Å². The molecule has 3 aromatic rings. The van der Waals surface area contributed by atoms with Crippen molar-refractivity contribution in [2.45, 2.75) is 12.6 Å². The number of thiazole rings is 1. The fourth-order valence-electron chi connectivity index (χ4n) is 3.55. The molecule has 0 saturated carbocycles. The second kappa shape index (κ2) is 9.84. The first kappa shape index (κ1) is 23.1. The normalized spacial score (nSPS) is 15.3. The van der Waals surface area contributed by atoms with Gasteiger partial charge in [-0.15, -0.1) is 11.3 Å². The third kappa shape index (κ3) is 6.05. The molecule has 0 unspecified atom stereocenters. The van der Waals surface area contributed by atoms with E-state index < -0.39 is 11.7 Å². The van der Waals surface area contributed by atoms with Crippen molar-refractivity contribution in [3.63, 3.8) is 0 Å². The van der Waals surface area contributed by atoms with Gasteiger partial charge in [-0.1, -0.05) is 0 Å². The Morgan fingerprint density at radius 1 is 1.06 bits per heavy atom. The van der Waals surface area contributed by atoms with Gasteiger partial charge in [0.1, 0.15) is 11.6 Å². The van der Waals surface area contributed by atoms with Gasteiger partial charge in [0.25, 0.3) is 0 Å². The van der Waals surface area contributed by atoms with Crippen LogP contribution < -0.4 is 10.2 Å².